The number of aromatic nitrogens is 2. The van der Waals surface area contributed by atoms with Crippen molar-refractivity contribution in [2.45, 2.75) is 89.1 Å². The summed E-state index contributed by atoms with van der Waals surface area (Å²) in [5.41, 5.74) is 7.58. The molecule has 2 fully saturated rings. The Hall–Kier alpha value is -7.37. The van der Waals surface area contributed by atoms with Crippen LogP contribution in [0.15, 0.2) is 72.8 Å². The summed E-state index contributed by atoms with van der Waals surface area (Å²) in [6.45, 7) is 1.84. The van der Waals surface area contributed by atoms with Crippen molar-refractivity contribution < 1.29 is 47.8 Å². The SMILES string of the molecule is NC(=O)c1c(-c2ccc(Oc3ccccc3)cc2)nn2c1NCC[C@H]2C1CCN(C(=O)CCCC(=O)CCCCCNC(=O)COc2cccc3c2C(=O)N(C2CCC(=O)NC2=O)C3=O)CC1. The monoisotopic (exact) mass is 914 g/mol. The topological polar surface area (TPSA) is 241 Å². The van der Waals surface area contributed by atoms with Gasteiger partial charge in [-0.1, -0.05) is 30.7 Å². The van der Waals surface area contributed by atoms with Gasteiger partial charge in [0.1, 0.15) is 46.1 Å². The minimum atomic E-state index is -1.11. The number of benzene rings is 3. The quantitative estimate of drug-likeness (QED) is 0.0723. The van der Waals surface area contributed by atoms with Gasteiger partial charge in [-0.25, -0.2) is 4.68 Å². The average Bonchev–Trinajstić information content (AvgIpc) is 3.85. The van der Waals surface area contributed by atoms with E-state index in [0.717, 1.165) is 35.5 Å². The molecular weight excluding hydrogens is 861 g/mol. The van der Waals surface area contributed by atoms with E-state index in [1.165, 1.54) is 18.2 Å². The van der Waals surface area contributed by atoms with Gasteiger partial charge in [0.15, 0.2) is 6.61 Å². The maximum Gasteiger partial charge on any atom is 0.266 e. The first-order chi connectivity index (χ1) is 32.5. The van der Waals surface area contributed by atoms with Gasteiger partial charge >= 0.3 is 0 Å². The zero-order chi connectivity index (χ0) is 47.0. The van der Waals surface area contributed by atoms with E-state index in [2.05, 4.69) is 16.0 Å². The largest absolute Gasteiger partial charge is 0.483 e. The first kappa shape index (κ1) is 46.2. The molecule has 5 heterocycles. The van der Waals surface area contributed by atoms with Crippen molar-refractivity contribution in [2.24, 2.45) is 11.7 Å². The van der Waals surface area contributed by atoms with Gasteiger partial charge in [0, 0.05) is 57.4 Å². The maximum absolute atomic E-state index is 13.2. The van der Waals surface area contributed by atoms with Crippen molar-refractivity contribution in [1.82, 2.24) is 30.2 Å². The number of likely N-dealkylation sites (tertiary alicyclic amines) is 1. The number of primary amides is 1. The summed E-state index contributed by atoms with van der Waals surface area (Å²) in [6, 6.07) is 20.3. The highest BCUT2D eigenvalue weighted by atomic mass is 16.5. The lowest BCUT2D eigenvalue weighted by molar-refractivity contribution is -0.136. The molecule has 1 aromatic heterocycles. The van der Waals surface area contributed by atoms with E-state index in [1.807, 2.05) is 64.2 Å². The van der Waals surface area contributed by atoms with E-state index < -0.39 is 48.1 Å². The minimum absolute atomic E-state index is 0.000158. The fraction of sp³-hybridized carbons (Fsp3) is 0.408. The van der Waals surface area contributed by atoms with Gasteiger partial charge in [0.05, 0.1) is 17.2 Å². The number of fused-ring (bicyclic) bond motifs is 2. The van der Waals surface area contributed by atoms with Gasteiger partial charge in [-0.3, -0.25) is 48.6 Å². The third-order valence-electron chi connectivity index (χ3n) is 12.8. The number of nitrogens with zero attached hydrogens (tertiary/aromatic N) is 4. The van der Waals surface area contributed by atoms with Crippen molar-refractivity contribution >= 4 is 53.0 Å². The predicted molar refractivity (Wildman–Crippen MR) is 243 cm³/mol. The lowest BCUT2D eigenvalue weighted by Crippen LogP contribution is -2.54. The number of rotatable bonds is 19. The fourth-order valence-electron chi connectivity index (χ4n) is 9.38. The Bertz CT molecular complexity index is 2550. The van der Waals surface area contributed by atoms with Crippen molar-refractivity contribution in [2.75, 3.05) is 38.1 Å². The number of hydrogen-bond donors (Lipinski definition) is 4. The molecule has 4 aliphatic rings. The van der Waals surface area contributed by atoms with Crippen LogP contribution in [-0.4, -0.2) is 106 Å². The summed E-state index contributed by atoms with van der Waals surface area (Å²) in [4.78, 5) is 104. The highest BCUT2D eigenvalue weighted by Gasteiger charge is 2.46. The first-order valence-electron chi connectivity index (χ1n) is 23.0. The molecule has 67 heavy (non-hydrogen) atoms. The normalized spacial score (nSPS) is 18.1. The molecule has 0 saturated carbocycles. The van der Waals surface area contributed by atoms with Crippen molar-refractivity contribution in [1.29, 1.82) is 0 Å². The van der Waals surface area contributed by atoms with Crippen LogP contribution in [0.1, 0.15) is 114 Å². The summed E-state index contributed by atoms with van der Waals surface area (Å²) in [5.74, 6) is -1.14. The number of nitrogens with one attached hydrogen (secondary N) is 3. The van der Waals surface area contributed by atoms with Crippen LogP contribution in [0, 0.1) is 5.92 Å². The van der Waals surface area contributed by atoms with Gasteiger partial charge < -0.3 is 30.7 Å². The second-order valence-corrected chi connectivity index (χ2v) is 17.3. The molecule has 8 rings (SSSR count). The highest BCUT2D eigenvalue weighted by molar-refractivity contribution is 6.24. The van der Waals surface area contributed by atoms with Crippen LogP contribution in [-0.2, 0) is 24.0 Å². The molecule has 0 radical (unpaired) electrons. The number of nitrogens with two attached hydrogens (primary N) is 1. The van der Waals surface area contributed by atoms with E-state index in [4.69, 9.17) is 20.3 Å². The van der Waals surface area contributed by atoms with Gasteiger partial charge in [0.2, 0.25) is 17.7 Å². The summed E-state index contributed by atoms with van der Waals surface area (Å²) in [5, 5.41) is 13.2. The summed E-state index contributed by atoms with van der Waals surface area (Å²) < 4.78 is 13.5. The Morgan fingerprint density at radius 3 is 2.28 bits per heavy atom. The average molecular weight is 915 g/mol. The number of imide groups is 2. The van der Waals surface area contributed by atoms with Crippen LogP contribution in [0.25, 0.3) is 11.3 Å². The van der Waals surface area contributed by atoms with Crippen LogP contribution in [0.2, 0.25) is 0 Å². The molecule has 2 saturated heterocycles. The third kappa shape index (κ3) is 10.5. The number of ether oxygens (including phenoxy) is 2. The number of ketones is 1. The lowest BCUT2D eigenvalue weighted by atomic mass is 9.86. The maximum atomic E-state index is 13.2. The molecular formula is C49H54N8O10. The number of anilines is 1. The van der Waals surface area contributed by atoms with Crippen LogP contribution < -0.4 is 31.2 Å². The second-order valence-electron chi connectivity index (χ2n) is 17.3. The number of piperidine rings is 2. The molecule has 0 bridgehead atoms. The van der Waals surface area contributed by atoms with Gasteiger partial charge in [0.25, 0.3) is 23.6 Å². The molecule has 4 aromatic rings. The second kappa shape index (κ2) is 20.9. The molecule has 350 valence electrons. The Morgan fingerprint density at radius 2 is 1.54 bits per heavy atom. The zero-order valence-electron chi connectivity index (χ0n) is 37.1. The molecule has 1 unspecified atom stereocenters. The number of carbonyl (C=O) groups is 8. The van der Waals surface area contributed by atoms with E-state index >= 15 is 0 Å². The Kier molecular flexibility index (Phi) is 14.4. The van der Waals surface area contributed by atoms with Crippen molar-refractivity contribution in [3.05, 3.63) is 89.5 Å². The van der Waals surface area contributed by atoms with E-state index in [-0.39, 0.29) is 53.4 Å². The molecule has 5 N–H and O–H groups in total. The van der Waals surface area contributed by atoms with E-state index in [9.17, 15) is 38.4 Å². The Labute approximate surface area is 386 Å². The molecule has 18 heteroatoms. The fourth-order valence-corrected chi connectivity index (χ4v) is 9.38. The highest BCUT2D eigenvalue weighted by Crippen LogP contribution is 2.40. The number of unbranched alkanes of at least 4 members (excludes halogenated alkanes) is 2. The van der Waals surface area contributed by atoms with Crippen molar-refractivity contribution in [3.8, 4) is 28.5 Å². The number of para-hydroxylation sites is 1. The molecule has 3 aromatic carbocycles. The Morgan fingerprint density at radius 1 is 0.791 bits per heavy atom. The molecule has 0 aliphatic carbocycles. The molecule has 18 nitrogen and oxygen atoms in total. The van der Waals surface area contributed by atoms with Gasteiger partial charge in [-0.2, -0.15) is 5.10 Å². The van der Waals surface area contributed by atoms with E-state index in [0.29, 0.717) is 93.9 Å². The first-order valence-corrected chi connectivity index (χ1v) is 23.0. The van der Waals surface area contributed by atoms with Gasteiger partial charge in [-0.15, -0.1) is 0 Å². The number of hydrogen-bond acceptors (Lipinski definition) is 12. The summed E-state index contributed by atoms with van der Waals surface area (Å²) in [7, 11) is 0. The number of amides is 7. The lowest BCUT2D eigenvalue weighted by Gasteiger charge is -2.38. The van der Waals surface area contributed by atoms with Gasteiger partial charge in [-0.05, 0) is 99.4 Å². The third-order valence-corrected chi connectivity index (χ3v) is 12.8. The summed E-state index contributed by atoms with van der Waals surface area (Å²) >= 11 is 0. The zero-order valence-corrected chi connectivity index (χ0v) is 37.1. The molecule has 7 amide bonds. The number of Topliss-reactive ketones (excluding diaryl/α,β-unsaturated/α-hetero) is 1. The minimum Gasteiger partial charge on any atom is -0.483 e. The smallest absolute Gasteiger partial charge is 0.266 e. The van der Waals surface area contributed by atoms with Crippen molar-refractivity contribution in [3.63, 3.8) is 0 Å². The van der Waals surface area contributed by atoms with Crippen LogP contribution >= 0.6 is 0 Å². The molecule has 4 aliphatic heterocycles. The van der Waals surface area contributed by atoms with E-state index in [1.54, 1.807) is 0 Å². The Balaban J connectivity index is 0.712. The predicted octanol–water partition coefficient (Wildman–Crippen LogP) is 4.93. The number of carbonyl (C=O) groups excluding carboxylic acids is 8. The standard InChI is InChI=1S/C49H54N8O10/c50-45(62)43-44(31-16-18-34(19-17-31)67-33-11-4-1-5-12-33)54-57-36(22-26-52-46(43)57)30-23-27-55(28-24-30)41(61)15-7-10-32(58)9-3-2-6-25-51-40(60)29-66-38-14-8-13-35-42(38)49(65)56(48(35)64)37-20-21-39(59)53-47(37)63/h1,4-5,8,11-14,16-19,30,36-37,52H,2-3,6-7,9-10,15,20-29H2,(H2,50,62)(H,51,60)(H,53,59,63)/t36-,37?/m0/s1. The van der Waals surface area contributed by atoms with Crippen LogP contribution in [0.3, 0.4) is 0 Å². The van der Waals surface area contributed by atoms with Crippen LogP contribution in [0.5, 0.6) is 17.2 Å². The molecule has 2 atom stereocenters. The molecule has 0 spiro atoms. The summed E-state index contributed by atoms with van der Waals surface area (Å²) in [6.07, 6.45) is 5.91. The van der Waals surface area contributed by atoms with Crippen LogP contribution in [0.4, 0.5) is 5.82 Å².